The lowest BCUT2D eigenvalue weighted by molar-refractivity contribution is -0.131. The first-order chi connectivity index (χ1) is 9.19. The van der Waals surface area contributed by atoms with Crippen LogP contribution in [0, 0.1) is 0 Å². The zero-order valence-corrected chi connectivity index (χ0v) is 11.8. The van der Waals surface area contributed by atoms with E-state index in [9.17, 15) is 9.59 Å². The molecular weight excluding hydrogens is 242 g/mol. The van der Waals surface area contributed by atoms with Gasteiger partial charge >= 0.3 is 6.03 Å². The maximum Gasteiger partial charge on any atom is 0.315 e. The van der Waals surface area contributed by atoms with E-state index in [0.29, 0.717) is 12.5 Å². The molecule has 1 saturated carbocycles. The third-order valence-electron chi connectivity index (χ3n) is 4.18. The van der Waals surface area contributed by atoms with Gasteiger partial charge in [-0.1, -0.05) is 19.8 Å². The Balaban J connectivity index is 1.67. The quantitative estimate of drug-likeness (QED) is 0.816. The van der Waals surface area contributed by atoms with Crippen LogP contribution in [-0.4, -0.2) is 42.0 Å². The van der Waals surface area contributed by atoms with Crippen LogP contribution in [0.25, 0.3) is 0 Å². The number of hydrogen-bond acceptors (Lipinski definition) is 2. The monoisotopic (exact) mass is 267 g/mol. The molecule has 2 aliphatic rings. The van der Waals surface area contributed by atoms with Gasteiger partial charge in [0.2, 0.25) is 5.91 Å². The highest BCUT2D eigenvalue weighted by atomic mass is 16.2. The van der Waals surface area contributed by atoms with Crippen LogP contribution >= 0.6 is 0 Å². The molecule has 1 aliphatic carbocycles. The van der Waals surface area contributed by atoms with Crippen molar-refractivity contribution < 1.29 is 9.59 Å². The van der Waals surface area contributed by atoms with E-state index >= 15 is 0 Å². The van der Waals surface area contributed by atoms with Gasteiger partial charge in [0.15, 0.2) is 0 Å². The molecule has 0 aromatic rings. The molecule has 19 heavy (non-hydrogen) atoms. The highest BCUT2D eigenvalue weighted by molar-refractivity contribution is 5.76. The second kappa shape index (κ2) is 6.78. The summed E-state index contributed by atoms with van der Waals surface area (Å²) in [7, 11) is 0. The molecule has 5 nitrogen and oxygen atoms in total. The number of amides is 3. The Labute approximate surface area is 115 Å². The first-order valence-corrected chi connectivity index (χ1v) is 7.54. The number of urea groups is 1. The first kappa shape index (κ1) is 14.2. The van der Waals surface area contributed by atoms with Crippen molar-refractivity contribution >= 4 is 11.9 Å². The molecule has 0 unspecified atom stereocenters. The molecule has 2 fully saturated rings. The molecular formula is C14H25N3O2. The minimum Gasteiger partial charge on any atom is -0.343 e. The third-order valence-corrected chi connectivity index (χ3v) is 4.18. The molecule has 3 amide bonds. The summed E-state index contributed by atoms with van der Waals surface area (Å²) in [6.45, 7) is 3.42. The summed E-state index contributed by atoms with van der Waals surface area (Å²) >= 11 is 0. The van der Waals surface area contributed by atoms with Crippen LogP contribution in [0.4, 0.5) is 4.79 Å². The number of nitrogens with one attached hydrogen (secondary N) is 2. The van der Waals surface area contributed by atoms with Crippen LogP contribution in [0.2, 0.25) is 0 Å². The van der Waals surface area contributed by atoms with Crippen LogP contribution < -0.4 is 10.6 Å². The molecule has 0 bridgehead atoms. The van der Waals surface area contributed by atoms with Crippen LogP contribution in [-0.2, 0) is 4.79 Å². The SMILES string of the molecule is CCC(=O)N1CCC(NC(=O)NC2CCCC2)CC1. The van der Waals surface area contributed by atoms with Gasteiger partial charge in [-0.15, -0.1) is 0 Å². The predicted octanol–water partition coefficient (Wildman–Crippen LogP) is 1.63. The summed E-state index contributed by atoms with van der Waals surface area (Å²) in [4.78, 5) is 25.3. The van der Waals surface area contributed by atoms with Crippen molar-refractivity contribution in [2.45, 2.75) is 64.0 Å². The highest BCUT2D eigenvalue weighted by Crippen LogP contribution is 2.17. The van der Waals surface area contributed by atoms with E-state index in [-0.39, 0.29) is 18.0 Å². The van der Waals surface area contributed by atoms with Crippen LogP contribution in [0.1, 0.15) is 51.9 Å². The molecule has 5 heteroatoms. The Hall–Kier alpha value is -1.26. The average molecular weight is 267 g/mol. The van der Waals surface area contributed by atoms with Crippen molar-refractivity contribution in [2.75, 3.05) is 13.1 Å². The van der Waals surface area contributed by atoms with Gasteiger partial charge in [-0.05, 0) is 25.7 Å². The minimum atomic E-state index is -0.0350. The lowest BCUT2D eigenvalue weighted by atomic mass is 10.0. The molecule has 0 atom stereocenters. The van der Waals surface area contributed by atoms with Crippen molar-refractivity contribution in [1.29, 1.82) is 0 Å². The lowest BCUT2D eigenvalue weighted by Gasteiger charge is -2.32. The maximum atomic E-state index is 11.8. The van der Waals surface area contributed by atoms with Crippen molar-refractivity contribution in [1.82, 2.24) is 15.5 Å². The van der Waals surface area contributed by atoms with Gasteiger partial charge in [0.05, 0.1) is 0 Å². The summed E-state index contributed by atoms with van der Waals surface area (Å²) in [5.41, 5.74) is 0. The zero-order valence-electron chi connectivity index (χ0n) is 11.8. The second-order valence-corrected chi connectivity index (χ2v) is 5.61. The maximum absolute atomic E-state index is 11.8. The summed E-state index contributed by atoms with van der Waals surface area (Å²) in [6.07, 6.45) is 6.96. The smallest absolute Gasteiger partial charge is 0.315 e. The van der Waals surface area contributed by atoms with Gasteiger partial charge in [0.25, 0.3) is 0 Å². The molecule has 0 spiro atoms. The summed E-state index contributed by atoms with van der Waals surface area (Å²) in [5.74, 6) is 0.217. The van der Waals surface area contributed by atoms with Gasteiger partial charge in [-0.25, -0.2) is 4.79 Å². The molecule has 0 radical (unpaired) electrons. The van der Waals surface area contributed by atoms with E-state index < -0.39 is 0 Å². The number of piperidine rings is 1. The van der Waals surface area contributed by atoms with Crippen LogP contribution in [0.15, 0.2) is 0 Å². The molecule has 0 aromatic carbocycles. The number of likely N-dealkylation sites (tertiary alicyclic amines) is 1. The Morgan fingerprint density at radius 1 is 1.00 bits per heavy atom. The van der Waals surface area contributed by atoms with Crippen molar-refractivity contribution in [3.05, 3.63) is 0 Å². The average Bonchev–Trinajstić information content (AvgIpc) is 2.91. The Bertz CT molecular complexity index is 319. The lowest BCUT2D eigenvalue weighted by Crippen LogP contribution is -2.50. The molecule has 2 rings (SSSR count). The molecule has 1 saturated heterocycles. The van der Waals surface area contributed by atoms with Crippen LogP contribution in [0.5, 0.6) is 0 Å². The Kier molecular flexibility index (Phi) is 5.05. The Morgan fingerprint density at radius 2 is 1.53 bits per heavy atom. The second-order valence-electron chi connectivity index (χ2n) is 5.61. The minimum absolute atomic E-state index is 0.0350. The first-order valence-electron chi connectivity index (χ1n) is 7.54. The fourth-order valence-electron chi connectivity index (χ4n) is 2.98. The zero-order chi connectivity index (χ0) is 13.7. The third kappa shape index (κ3) is 4.11. The largest absolute Gasteiger partial charge is 0.343 e. The van der Waals surface area contributed by atoms with Gasteiger partial charge in [-0.3, -0.25) is 4.79 Å². The predicted molar refractivity (Wildman–Crippen MR) is 73.8 cm³/mol. The van der Waals surface area contributed by atoms with Gasteiger partial charge in [-0.2, -0.15) is 0 Å². The highest BCUT2D eigenvalue weighted by Gasteiger charge is 2.24. The van der Waals surface area contributed by atoms with Crippen molar-refractivity contribution in [2.24, 2.45) is 0 Å². The number of hydrogen-bond donors (Lipinski definition) is 2. The summed E-state index contributed by atoms with van der Waals surface area (Å²) in [6, 6.07) is 0.538. The normalized spacial score (nSPS) is 21.4. The standard InChI is InChI=1S/C14H25N3O2/c1-2-13(18)17-9-7-12(8-10-17)16-14(19)15-11-5-3-4-6-11/h11-12H,2-10H2,1H3,(H2,15,16,19). The van der Waals surface area contributed by atoms with E-state index in [2.05, 4.69) is 10.6 Å². The molecule has 2 N–H and O–H groups in total. The van der Waals surface area contributed by atoms with Crippen LogP contribution in [0.3, 0.4) is 0 Å². The summed E-state index contributed by atoms with van der Waals surface area (Å²) < 4.78 is 0. The summed E-state index contributed by atoms with van der Waals surface area (Å²) in [5, 5.41) is 6.08. The topological polar surface area (TPSA) is 61.4 Å². The molecule has 108 valence electrons. The van der Waals surface area contributed by atoms with E-state index in [0.717, 1.165) is 38.8 Å². The number of carbonyl (C=O) groups excluding carboxylic acids is 2. The molecule has 1 heterocycles. The fourth-order valence-corrected chi connectivity index (χ4v) is 2.98. The Morgan fingerprint density at radius 3 is 2.05 bits per heavy atom. The van der Waals surface area contributed by atoms with Crippen molar-refractivity contribution in [3.63, 3.8) is 0 Å². The van der Waals surface area contributed by atoms with E-state index in [4.69, 9.17) is 0 Å². The van der Waals surface area contributed by atoms with E-state index in [1.807, 2.05) is 11.8 Å². The fraction of sp³-hybridized carbons (Fsp3) is 0.857. The van der Waals surface area contributed by atoms with E-state index in [1.165, 1.54) is 12.8 Å². The van der Waals surface area contributed by atoms with Gasteiger partial charge in [0.1, 0.15) is 0 Å². The van der Waals surface area contributed by atoms with E-state index in [1.54, 1.807) is 0 Å². The number of rotatable bonds is 3. The van der Waals surface area contributed by atoms with Gasteiger partial charge < -0.3 is 15.5 Å². The van der Waals surface area contributed by atoms with Gasteiger partial charge in [0, 0.05) is 31.6 Å². The molecule has 0 aromatic heterocycles. The number of nitrogens with zero attached hydrogens (tertiary/aromatic N) is 1. The van der Waals surface area contributed by atoms with Crippen molar-refractivity contribution in [3.8, 4) is 0 Å². The number of carbonyl (C=O) groups is 2. The molecule has 1 aliphatic heterocycles.